The molecule has 0 saturated carbocycles. The standard InChI is InChI=1S/C16H12ClFN2O5/c1-9-2-4-11(20(23)24)7-14(9)19-15(21)8-25-16(22)12-5-3-10(18)6-13(12)17/h2-7H,8H2,1H3,(H,19,21). The fraction of sp³-hybridized carbons (Fsp3) is 0.125. The van der Waals surface area contributed by atoms with Crippen LogP contribution in [0.1, 0.15) is 15.9 Å². The van der Waals surface area contributed by atoms with Crippen LogP contribution < -0.4 is 5.32 Å². The van der Waals surface area contributed by atoms with Gasteiger partial charge in [-0.05, 0) is 30.7 Å². The van der Waals surface area contributed by atoms with Gasteiger partial charge in [-0.15, -0.1) is 0 Å². The van der Waals surface area contributed by atoms with Gasteiger partial charge in [0.15, 0.2) is 6.61 Å². The number of amides is 1. The zero-order valence-electron chi connectivity index (χ0n) is 12.9. The van der Waals surface area contributed by atoms with E-state index < -0.39 is 29.2 Å². The van der Waals surface area contributed by atoms with Crippen LogP contribution >= 0.6 is 11.6 Å². The summed E-state index contributed by atoms with van der Waals surface area (Å²) in [4.78, 5) is 33.9. The Kier molecular flexibility index (Phi) is 5.66. The summed E-state index contributed by atoms with van der Waals surface area (Å²) in [6, 6.07) is 7.12. The number of rotatable bonds is 5. The number of nitro groups is 1. The first-order valence-corrected chi connectivity index (χ1v) is 7.33. The molecule has 0 aliphatic carbocycles. The molecule has 0 saturated heterocycles. The number of halogens is 2. The van der Waals surface area contributed by atoms with Crippen molar-refractivity contribution in [3.63, 3.8) is 0 Å². The second-order valence-electron chi connectivity index (χ2n) is 5.00. The molecule has 0 spiro atoms. The van der Waals surface area contributed by atoms with E-state index in [0.29, 0.717) is 5.56 Å². The molecule has 25 heavy (non-hydrogen) atoms. The maximum atomic E-state index is 12.9. The second kappa shape index (κ2) is 7.71. The lowest BCUT2D eigenvalue weighted by Gasteiger charge is -2.09. The Bertz CT molecular complexity index is 856. The third kappa shape index (κ3) is 4.74. The largest absolute Gasteiger partial charge is 0.452 e. The summed E-state index contributed by atoms with van der Waals surface area (Å²) in [5.41, 5.74) is 0.570. The number of non-ortho nitro benzene ring substituents is 1. The maximum Gasteiger partial charge on any atom is 0.340 e. The Morgan fingerprint density at radius 3 is 2.64 bits per heavy atom. The van der Waals surface area contributed by atoms with E-state index >= 15 is 0 Å². The molecule has 0 fully saturated rings. The Balaban J connectivity index is 2.00. The molecular formula is C16H12ClFN2O5. The summed E-state index contributed by atoms with van der Waals surface area (Å²) < 4.78 is 17.8. The first-order valence-electron chi connectivity index (χ1n) is 6.95. The summed E-state index contributed by atoms with van der Waals surface area (Å²) in [5.74, 6) is -2.19. The highest BCUT2D eigenvalue weighted by molar-refractivity contribution is 6.33. The first-order chi connectivity index (χ1) is 11.8. The van der Waals surface area contributed by atoms with Crippen molar-refractivity contribution >= 4 is 34.9 Å². The van der Waals surface area contributed by atoms with Gasteiger partial charge in [-0.1, -0.05) is 17.7 Å². The number of esters is 1. The predicted octanol–water partition coefficient (Wildman–Crippen LogP) is 3.49. The minimum absolute atomic E-state index is 0.0811. The molecular weight excluding hydrogens is 355 g/mol. The number of carbonyl (C=O) groups is 2. The molecule has 2 aromatic carbocycles. The lowest BCUT2D eigenvalue weighted by atomic mass is 10.2. The zero-order valence-corrected chi connectivity index (χ0v) is 13.7. The molecule has 130 valence electrons. The van der Waals surface area contributed by atoms with E-state index in [1.54, 1.807) is 6.92 Å². The van der Waals surface area contributed by atoms with Crippen molar-refractivity contribution in [1.29, 1.82) is 0 Å². The number of ether oxygens (including phenoxy) is 1. The van der Waals surface area contributed by atoms with Crippen LogP contribution in [0.4, 0.5) is 15.8 Å². The van der Waals surface area contributed by atoms with Crippen molar-refractivity contribution in [2.24, 2.45) is 0 Å². The average molecular weight is 367 g/mol. The Morgan fingerprint density at radius 2 is 2.00 bits per heavy atom. The first kappa shape index (κ1) is 18.3. The number of nitrogens with zero attached hydrogens (tertiary/aromatic N) is 1. The fourth-order valence-electron chi connectivity index (χ4n) is 1.91. The number of aryl methyl sites for hydroxylation is 1. The van der Waals surface area contributed by atoms with Crippen molar-refractivity contribution in [3.8, 4) is 0 Å². The molecule has 1 N–H and O–H groups in total. The van der Waals surface area contributed by atoms with E-state index in [0.717, 1.165) is 18.2 Å². The molecule has 2 rings (SSSR count). The quantitative estimate of drug-likeness (QED) is 0.496. The topological polar surface area (TPSA) is 98.5 Å². The van der Waals surface area contributed by atoms with E-state index in [4.69, 9.17) is 16.3 Å². The number of hydrogen-bond donors (Lipinski definition) is 1. The van der Waals surface area contributed by atoms with E-state index in [1.165, 1.54) is 18.2 Å². The van der Waals surface area contributed by atoms with E-state index in [1.807, 2.05) is 0 Å². The highest BCUT2D eigenvalue weighted by Gasteiger charge is 2.16. The van der Waals surface area contributed by atoms with Gasteiger partial charge in [-0.25, -0.2) is 9.18 Å². The summed E-state index contributed by atoms with van der Waals surface area (Å²) in [5, 5.41) is 13.0. The summed E-state index contributed by atoms with van der Waals surface area (Å²) in [6.45, 7) is 1.03. The van der Waals surface area contributed by atoms with E-state index in [9.17, 15) is 24.1 Å². The molecule has 0 aromatic heterocycles. The van der Waals surface area contributed by atoms with Gasteiger partial charge < -0.3 is 10.1 Å². The normalized spacial score (nSPS) is 10.2. The maximum absolute atomic E-state index is 12.9. The van der Waals surface area contributed by atoms with Crippen LogP contribution in [0.25, 0.3) is 0 Å². The number of carbonyl (C=O) groups excluding carboxylic acids is 2. The Labute approximate surface area is 146 Å². The fourth-order valence-corrected chi connectivity index (χ4v) is 2.15. The van der Waals surface area contributed by atoms with Crippen LogP contribution in [0.15, 0.2) is 36.4 Å². The average Bonchev–Trinajstić information content (AvgIpc) is 2.54. The van der Waals surface area contributed by atoms with Crippen molar-refractivity contribution in [2.45, 2.75) is 6.92 Å². The molecule has 0 unspecified atom stereocenters. The predicted molar refractivity (Wildman–Crippen MR) is 88.2 cm³/mol. The highest BCUT2D eigenvalue weighted by Crippen LogP contribution is 2.22. The van der Waals surface area contributed by atoms with Crippen molar-refractivity contribution < 1.29 is 23.6 Å². The third-order valence-corrected chi connectivity index (χ3v) is 3.50. The lowest BCUT2D eigenvalue weighted by molar-refractivity contribution is -0.384. The Hall–Kier alpha value is -3.00. The van der Waals surface area contributed by atoms with Crippen molar-refractivity contribution in [3.05, 3.63) is 68.5 Å². The number of benzene rings is 2. The molecule has 0 heterocycles. The molecule has 1 amide bonds. The monoisotopic (exact) mass is 366 g/mol. The van der Waals surface area contributed by atoms with Crippen molar-refractivity contribution in [1.82, 2.24) is 0 Å². The van der Waals surface area contributed by atoms with Crippen LogP contribution in [0.5, 0.6) is 0 Å². The van der Waals surface area contributed by atoms with Gasteiger partial charge in [0.2, 0.25) is 0 Å². The molecule has 0 aliphatic rings. The lowest BCUT2D eigenvalue weighted by Crippen LogP contribution is -2.21. The SMILES string of the molecule is Cc1ccc([N+](=O)[O-])cc1NC(=O)COC(=O)c1ccc(F)cc1Cl. The summed E-state index contributed by atoms with van der Waals surface area (Å²) in [6.07, 6.45) is 0. The summed E-state index contributed by atoms with van der Waals surface area (Å²) >= 11 is 5.73. The minimum Gasteiger partial charge on any atom is -0.452 e. The molecule has 0 bridgehead atoms. The second-order valence-corrected chi connectivity index (χ2v) is 5.41. The van der Waals surface area contributed by atoms with Crippen LogP contribution in [-0.2, 0) is 9.53 Å². The van der Waals surface area contributed by atoms with Gasteiger partial charge in [0.05, 0.1) is 21.2 Å². The highest BCUT2D eigenvalue weighted by atomic mass is 35.5. The van der Waals surface area contributed by atoms with Gasteiger partial charge in [0.25, 0.3) is 11.6 Å². The smallest absolute Gasteiger partial charge is 0.340 e. The molecule has 0 radical (unpaired) electrons. The van der Waals surface area contributed by atoms with Crippen LogP contribution in [0, 0.1) is 22.9 Å². The Morgan fingerprint density at radius 1 is 1.28 bits per heavy atom. The molecule has 0 aliphatic heterocycles. The number of nitrogens with one attached hydrogen (secondary N) is 1. The number of nitro benzene ring substituents is 1. The van der Waals surface area contributed by atoms with Gasteiger partial charge in [-0.2, -0.15) is 0 Å². The number of anilines is 1. The van der Waals surface area contributed by atoms with Gasteiger partial charge in [0, 0.05) is 12.1 Å². The van der Waals surface area contributed by atoms with Crippen LogP contribution in [0.2, 0.25) is 5.02 Å². The molecule has 9 heteroatoms. The van der Waals surface area contributed by atoms with Crippen LogP contribution in [0.3, 0.4) is 0 Å². The third-order valence-electron chi connectivity index (χ3n) is 3.19. The molecule has 0 atom stereocenters. The minimum atomic E-state index is -0.893. The van der Waals surface area contributed by atoms with E-state index in [-0.39, 0.29) is 22.0 Å². The summed E-state index contributed by atoms with van der Waals surface area (Å²) in [7, 11) is 0. The molecule has 2 aromatic rings. The molecule has 7 nitrogen and oxygen atoms in total. The van der Waals surface area contributed by atoms with Gasteiger partial charge in [0.1, 0.15) is 5.82 Å². The van der Waals surface area contributed by atoms with E-state index in [2.05, 4.69) is 5.32 Å². The van der Waals surface area contributed by atoms with Gasteiger partial charge >= 0.3 is 5.97 Å². The number of hydrogen-bond acceptors (Lipinski definition) is 5. The van der Waals surface area contributed by atoms with Crippen LogP contribution in [-0.4, -0.2) is 23.4 Å². The van der Waals surface area contributed by atoms with Crippen molar-refractivity contribution in [2.75, 3.05) is 11.9 Å². The van der Waals surface area contributed by atoms with Gasteiger partial charge in [-0.3, -0.25) is 14.9 Å². The zero-order chi connectivity index (χ0) is 18.6.